The third-order valence-electron chi connectivity index (χ3n) is 4.66. The first-order chi connectivity index (χ1) is 12.1. The molecule has 0 bridgehead atoms. The second-order valence-electron chi connectivity index (χ2n) is 6.59. The lowest BCUT2D eigenvalue weighted by molar-refractivity contribution is -0.122. The van der Waals surface area contributed by atoms with Crippen LogP contribution in [0.3, 0.4) is 0 Å². The number of hydrogen-bond donors (Lipinski definition) is 2. The Labute approximate surface area is 148 Å². The predicted octanol–water partition coefficient (Wildman–Crippen LogP) is 3.00. The Morgan fingerprint density at radius 3 is 2.48 bits per heavy atom. The molecule has 2 N–H and O–H groups in total. The molecule has 130 valence electrons. The Morgan fingerprint density at radius 1 is 1.00 bits per heavy atom. The van der Waals surface area contributed by atoms with Crippen molar-refractivity contribution in [1.82, 2.24) is 10.6 Å². The van der Waals surface area contributed by atoms with E-state index in [-0.39, 0.29) is 11.8 Å². The number of carbonyl (C=O) groups excluding carboxylic acids is 2. The molecule has 1 aliphatic rings. The molecule has 0 saturated carbocycles. The van der Waals surface area contributed by atoms with Gasteiger partial charge in [0.2, 0.25) is 5.91 Å². The summed E-state index contributed by atoms with van der Waals surface area (Å²) < 4.78 is 0. The average molecular weight is 336 g/mol. The smallest absolute Gasteiger partial charge is 0.251 e. The maximum absolute atomic E-state index is 12.4. The largest absolute Gasteiger partial charge is 0.350 e. The highest BCUT2D eigenvalue weighted by molar-refractivity contribution is 5.97. The fourth-order valence-corrected chi connectivity index (χ4v) is 3.16. The Bertz CT molecular complexity index is 756. The fraction of sp³-hybridized carbons (Fsp3) is 0.333. The van der Waals surface area contributed by atoms with Gasteiger partial charge in [0.15, 0.2) is 0 Å². The summed E-state index contributed by atoms with van der Waals surface area (Å²) in [6, 6.07) is 15.0. The molecule has 1 unspecified atom stereocenters. The first kappa shape index (κ1) is 17.2. The molecule has 1 atom stereocenters. The van der Waals surface area contributed by atoms with E-state index in [1.807, 2.05) is 48.5 Å². The van der Waals surface area contributed by atoms with Crippen molar-refractivity contribution < 1.29 is 9.59 Å². The van der Waals surface area contributed by atoms with Gasteiger partial charge in [0.05, 0.1) is 0 Å². The quantitative estimate of drug-likeness (QED) is 0.882. The summed E-state index contributed by atoms with van der Waals surface area (Å²) >= 11 is 0. The number of aryl methyl sites for hydroxylation is 2. The van der Waals surface area contributed by atoms with Gasteiger partial charge in [0, 0.05) is 12.1 Å². The third-order valence-corrected chi connectivity index (χ3v) is 4.66. The monoisotopic (exact) mass is 336 g/mol. The number of fused-ring (bicyclic) bond motifs is 1. The lowest BCUT2D eigenvalue weighted by Gasteiger charge is -2.18. The minimum absolute atomic E-state index is 0.185. The maximum atomic E-state index is 12.4. The minimum Gasteiger partial charge on any atom is -0.350 e. The van der Waals surface area contributed by atoms with E-state index < -0.39 is 6.04 Å². The molecule has 0 aliphatic heterocycles. The van der Waals surface area contributed by atoms with Crippen molar-refractivity contribution in [2.75, 3.05) is 0 Å². The lowest BCUT2D eigenvalue weighted by atomic mass is 9.90. The van der Waals surface area contributed by atoms with E-state index in [1.165, 1.54) is 24.0 Å². The van der Waals surface area contributed by atoms with Crippen molar-refractivity contribution in [1.29, 1.82) is 0 Å². The van der Waals surface area contributed by atoms with Crippen molar-refractivity contribution in [3.05, 3.63) is 70.8 Å². The van der Waals surface area contributed by atoms with Crippen molar-refractivity contribution in [3.63, 3.8) is 0 Å². The summed E-state index contributed by atoms with van der Waals surface area (Å²) in [6.45, 7) is 2.16. The van der Waals surface area contributed by atoms with Gasteiger partial charge in [-0.3, -0.25) is 9.59 Å². The van der Waals surface area contributed by atoms with E-state index in [9.17, 15) is 9.59 Å². The number of nitrogens with one attached hydrogen (secondary N) is 2. The highest BCUT2D eigenvalue weighted by atomic mass is 16.2. The van der Waals surface area contributed by atoms with Crippen LogP contribution < -0.4 is 10.6 Å². The molecule has 2 aromatic carbocycles. The van der Waals surface area contributed by atoms with Crippen LogP contribution in [0.2, 0.25) is 0 Å². The first-order valence-corrected chi connectivity index (χ1v) is 8.88. The van der Waals surface area contributed by atoms with Gasteiger partial charge in [0.25, 0.3) is 5.91 Å². The summed E-state index contributed by atoms with van der Waals surface area (Å²) in [5.74, 6) is -0.383. The molecule has 0 aromatic heterocycles. The molecule has 2 amide bonds. The summed E-state index contributed by atoms with van der Waals surface area (Å²) in [5, 5.41) is 5.64. The Morgan fingerprint density at radius 2 is 1.72 bits per heavy atom. The van der Waals surface area contributed by atoms with E-state index >= 15 is 0 Å². The standard InChI is InChI=1S/C21H24N2O2/c1-15(20(24)22-14-16-7-3-2-4-8-16)23-21(25)19-12-11-17-9-5-6-10-18(17)13-19/h2-4,7-8,11-13,15H,5-6,9-10,14H2,1H3,(H,22,24)(H,23,25). The predicted molar refractivity (Wildman–Crippen MR) is 98.3 cm³/mol. The Balaban J connectivity index is 1.55. The van der Waals surface area contributed by atoms with Crippen molar-refractivity contribution >= 4 is 11.8 Å². The Hall–Kier alpha value is -2.62. The first-order valence-electron chi connectivity index (χ1n) is 8.88. The van der Waals surface area contributed by atoms with Crippen LogP contribution >= 0.6 is 0 Å². The van der Waals surface area contributed by atoms with Gasteiger partial charge < -0.3 is 10.6 Å². The number of rotatable bonds is 5. The molecular weight excluding hydrogens is 312 g/mol. The molecule has 4 nitrogen and oxygen atoms in total. The molecule has 2 aromatic rings. The highest BCUT2D eigenvalue weighted by Gasteiger charge is 2.18. The normalized spacial score (nSPS) is 14.3. The van der Waals surface area contributed by atoms with E-state index in [2.05, 4.69) is 10.6 Å². The molecule has 1 aliphatic carbocycles. The summed E-state index contributed by atoms with van der Waals surface area (Å²) in [7, 11) is 0. The van der Waals surface area contributed by atoms with Crippen LogP contribution in [0.5, 0.6) is 0 Å². The van der Waals surface area contributed by atoms with Crippen molar-refractivity contribution in [2.24, 2.45) is 0 Å². The number of carbonyl (C=O) groups is 2. The van der Waals surface area contributed by atoms with E-state index in [0.29, 0.717) is 12.1 Å². The van der Waals surface area contributed by atoms with E-state index in [1.54, 1.807) is 6.92 Å². The molecule has 0 spiro atoms. The molecule has 0 heterocycles. The van der Waals surface area contributed by atoms with Crippen molar-refractivity contribution in [3.8, 4) is 0 Å². The highest BCUT2D eigenvalue weighted by Crippen LogP contribution is 2.22. The van der Waals surface area contributed by atoms with Gasteiger partial charge in [-0.1, -0.05) is 36.4 Å². The van der Waals surface area contributed by atoms with Crippen LogP contribution in [0.4, 0.5) is 0 Å². The number of amides is 2. The zero-order chi connectivity index (χ0) is 17.6. The molecule has 3 rings (SSSR count). The van der Waals surface area contributed by atoms with Gasteiger partial charge in [-0.05, 0) is 61.4 Å². The lowest BCUT2D eigenvalue weighted by Crippen LogP contribution is -2.44. The molecule has 0 fully saturated rings. The third kappa shape index (κ3) is 4.47. The zero-order valence-electron chi connectivity index (χ0n) is 14.5. The number of benzene rings is 2. The van der Waals surface area contributed by atoms with Crippen LogP contribution in [0.25, 0.3) is 0 Å². The molecule has 0 saturated heterocycles. The summed E-state index contributed by atoms with van der Waals surface area (Å²) in [4.78, 5) is 24.6. The van der Waals surface area contributed by atoms with Gasteiger partial charge in [0.1, 0.15) is 6.04 Å². The van der Waals surface area contributed by atoms with Crippen LogP contribution in [-0.4, -0.2) is 17.9 Å². The SMILES string of the molecule is CC(NC(=O)c1ccc2c(c1)CCCC2)C(=O)NCc1ccccc1. The second kappa shape index (κ2) is 7.97. The van der Waals surface area contributed by atoms with Gasteiger partial charge in [-0.25, -0.2) is 0 Å². The van der Waals surface area contributed by atoms with E-state index in [4.69, 9.17) is 0 Å². The van der Waals surface area contributed by atoms with Crippen LogP contribution in [-0.2, 0) is 24.2 Å². The van der Waals surface area contributed by atoms with Gasteiger partial charge in [-0.2, -0.15) is 0 Å². The minimum atomic E-state index is -0.577. The van der Waals surface area contributed by atoms with Gasteiger partial charge >= 0.3 is 0 Å². The van der Waals surface area contributed by atoms with Crippen LogP contribution in [0, 0.1) is 0 Å². The zero-order valence-corrected chi connectivity index (χ0v) is 14.5. The fourth-order valence-electron chi connectivity index (χ4n) is 3.16. The van der Waals surface area contributed by atoms with E-state index in [0.717, 1.165) is 18.4 Å². The summed E-state index contributed by atoms with van der Waals surface area (Å²) in [5.41, 5.74) is 4.27. The second-order valence-corrected chi connectivity index (χ2v) is 6.59. The molecule has 4 heteroatoms. The van der Waals surface area contributed by atoms with Crippen molar-refractivity contribution in [2.45, 2.75) is 45.2 Å². The molecule has 25 heavy (non-hydrogen) atoms. The van der Waals surface area contributed by atoms with Crippen LogP contribution in [0.1, 0.15) is 46.8 Å². The summed E-state index contributed by atoms with van der Waals surface area (Å²) in [6.07, 6.45) is 4.52. The van der Waals surface area contributed by atoms with Crippen LogP contribution in [0.15, 0.2) is 48.5 Å². The maximum Gasteiger partial charge on any atom is 0.251 e. The average Bonchev–Trinajstić information content (AvgIpc) is 2.66. The van der Waals surface area contributed by atoms with Gasteiger partial charge in [-0.15, -0.1) is 0 Å². The number of hydrogen-bond acceptors (Lipinski definition) is 2. The Kier molecular flexibility index (Phi) is 5.49. The molecular formula is C21H24N2O2. The molecule has 0 radical (unpaired) electrons. The topological polar surface area (TPSA) is 58.2 Å².